The first-order valence-corrected chi connectivity index (χ1v) is 14.4. The Morgan fingerprint density at radius 1 is 0.953 bits per heavy atom. The van der Waals surface area contributed by atoms with Crippen LogP contribution in [0.2, 0.25) is 0 Å². The molecule has 3 aromatic carbocycles. The topological polar surface area (TPSA) is 109 Å². The number of imide groups is 1. The standard InChI is InChI=1S/C29H19F4N3O5S2/c30-16-6-8-17(9-7-16)34-20(38)13-35-27-24(43-28(35)41)21(14-4-10-19(37)11-5-14)22-23(42-27)26(40)36(25(22)39)18-3-1-2-15(12-18)29(31,32)33/h1-12,21-23,37H,13H2,(H,34,38). The van der Waals surface area contributed by atoms with E-state index in [-0.39, 0.29) is 16.5 Å². The highest BCUT2D eigenvalue weighted by Gasteiger charge is 2.57. The number of carbonyl (C=O) groups excluding carboxylic acids is 3. The number of anilines is 2. The van der Waals surface area contributed by atoms with Gasteiger partial charge >= 0.3 is 11.0 Å². The maximum absolute atomic E-state index is 13.9. The Balaban J connectivity index is 1.40. The fourth-order valence-corrected chi connectivity index (χ4v) is 8.02. The molecule has 2 aliphatic heterocycles. The molecule has 0 radical (unpaired) electrons. The minimum absolute atomic E-state index is 0.0617. The van der Waals surface area contributed by atoms with Crippen LogP contribution in [0.5, 0.6) is 5.75 Å². The van der Waals surface area contributed by atoms with Crippen molar-refractivity contribution in [3.8, 4) is 5.75 Å². The van der Waals surface area contributed by atoms with E-state index in [4.69, 9.17) is 0 Å². The van der Waals surface area contributed by atoms with E-state index in [1.165, 1.54) is 47.0 Å². The monoisotopic (exact) mass is 629 g/mol. The highest BCUT2D eigenvalue weighted by molar-refractivity contribution is 8.00. The number of aromatic hydroxyl groups is 1. The van der Waals surface area contributed by atoms with Crippen molar-refractivity contribution >= 4 is 52.2 Å². The first-order valence-electron chi connectivity index (χ1n) is 12.7. The van der Waals surface area contributed by atoms with Gasteiger partial charge in [-0.25, -0.2) is 9.29 Å². The van der Waals surface area contributed by atoms with Gasteiger partial charge < -0.3 is 10.4 Å². The maximum atomic E-state index is 13.9. The van der Waals surface area contributed by atoms with E-state index in [1.807, 2.05) is 0 Å². The molecular formula is C29H19F4N3O5S2. The van der Waals surface area contributed by atoms with Crippen LogP contribution in [0.4, 0.5) is 28.9 Å². The van der Waals surface area contributed by atoms with Gasteiger partial charge in [0.15, 0.2) is 0 Å². The predicted molar refractivity (Wildman–Crippen MR) is 151 cm³/mol. The summed E-state index contributed by atoms with van der Waals surface area (Å²) in [5.41, 5.74) is -0.468. The molecular weight excluding hydrogens is 610 g/mol. The van der Waals surface area contributed by atoms with Crippen LogP contribution in [-0.4, -0.2) is 32.6 Å². The summed E-state index contributed by atoms with van der Waals surface area (Å²) in [4.78, 5) is 54.3. The van der Waals surface area contributed by atoms with Gasteiger partial charge in [0.25, 0.3) is 0 Å². The van der Waals surface area contributed by atoms with Crippen molar-refractivity contribution in [2.75, 3.05) is 10.2 Å². The highest BCUT2D eigenvalue weighted by Crippen LogP contribution is 2.54. The molecule has 220 valence electrons. The Morgan fingerprint density at radius 3 is 2.33 bits per heavy atom. The van der Waals surface area contributed by atoms with Crippen LogP contribution in [0, 0.1) is 11.7 Å². The van der Waals surface area contributed by atoms with Crippen molar-refractivity contribution in [3.05, 3.63) is 104 Å². The van der Waals surface area contributed by atoms with Crippen molar-refractivity contribution in [1.29, 1.82) is 0 Å². The number of thioether (sulfide) groups is 1. The second-order valence-electron chi connectivity index (χ2n) is 9.87. The lowest BCUT2D eigenvalue weighted by molar-refractivity contribution is -0.137. The highest BCUT2D eigenvalue weighted by atomic mass is 32.2. The molecule has 3 atom stereocenters. The number of fused-ring (bicyclic) bond motifs is 2. The van der Waals surface area contributed by atoms with Gasteiger partial charge in [0.1, 0.15) is 23.4 Å². The van der Waals surface area contributed by atoms with Gasteiger partial charge in [-0.1, -0.05) is 41.3 Å². The third-order valence-electron chi connectivity index (χ3n) is 7.16. The van der Waals surface area contributed by atoms with Crippen LogP contribution in [0.25, 0.3) is 0 Å². The number of carbonyl (C=O) groups is 3. The fraction of sp³-hybridized carbons (Fsp3) is 0.172. The summed E-state index contributed by atoms with van der Waals surface area (Å²) in [6.07, 6.45) is -4.70. The normalized spacial score (nSPS) is 19.7. The number of amides is 3. The van der Waals surface area contributed by atoms with Gasteiger partial charge in [-0.2, -0.15) is 13.2 Å². The van der Waals surface area contributed by atoms with Crippen LogP contribution in [0.3, 0.4) is 0 Å². The van der Waals surface area contributed by atoms with E-state index in [2.05, 4.69) is 5.32 Å². The molecule has 4 aromatic rings. The zero-order chi connectivity index (χ0) is 30.6. The number of phenolic OH excluding ortho intramolecular Hbond substituents is 1. The molecule has 3 amide bonds. The minimum atomic E-state index is -4.70. The lowest BCUT2D eigenvalue weighted by Gasteiger charge is -2.30. The van der Waals surface area contributed by atoms with Gasteiger partial charge in [-0.15, -0.1) is 0 Å². The van der Waals surface area contributed by atoms with Gasteiger partial charge in [0.05, 0.1) is 22.2 Å². The lowest BCUT2D eigenvalue weighted by atomic mass is 9.83. The van der Waals surface area contributed by atoms with Crippen LogP contribution < -0.4 is 15.1 Å². The number of benzene rings is 3. The van der Waals surface area contributed by atoms with Crippen molar-refractivity contribution < 1.29 is 37.1 Å². The summed E-state index contributed by atoms with van der Waals surface area (Å²) in [5, 5.41) is 11.6. The van der Waals surface area contributed by atoms with Crippen LogP contribution >= 0.6 is 23.1 Å². The van der Waals surface area contributed by atoms with Gasteiger partial charge in [0, 0.05) is 16.5 Å². The van der Waals surface area contributed by atoms with E-state index in [0.717, 1.165) is 58.3 Å². The third kappa shape index (κ3) is 5.20. The molecule has 3 heterocycles. The van der Waals surface area contributed by atoms with Crippen molar-refractivity contribution in [1.82, 2.24) is 4.57 Å². The molecule has 43 heavy (non-hydrogen) atoms. The van der Waals surface area contributed by atoms with Crippen LogP contribution in [0.15, 0.2) is 82.6 Å². The van der Waals surface area contributed by atoms with Gasteiger partial charge in [-0.05, 0) is 60.2 Å². The smallest absolute Gasteiger partial charge is 0.416 e. The molecule has 1 fully saturated rings. The molecule has 0 bridgehead atoms. The summed E-state index contributed by atoms with van der Waals surface area (Å²) in [5.74, 6) is -4.59. The first-order chi connectivity index (χ1) is 20.4. The second kappa shape index (κ2) is 10.7. The predicted octanol–water partition coefficient (Wildman–Crippen LogP) is 5.21. The molecule has 6 rings (SSSR count). The largest absolute Gasteiger partial charge is 0.508 e. The van der Waals surface area contributed by atoms with E-state index in [9.17, 15) is 41.8 Å². The quantitative estimate of drug-likeness (QED) is 0.232. The molecule has 3 unspecified atom stereocenters. The van der Waals surface area contributed by atoms with Crippen molar-refractivity contribution in [3.63, 3.8) is 0 Å². The molecule has 14 heteroatoms. The van der Waals surface area contributed by atoms with Crippen LogP contribution in [0.1, 0.15) is 21.9 Å². The first kappa shape index (κ1) is 28.7. The summed E-state index contributed by atoms with van der Waals surface area (Å²) >= 11 is 1.70. The zero-order valence-electron chi connectivity index (χ0n) is 21.7. The SMILES string of the molecule is O=C(Cn1c2c(sc1=O)C(c1ccc(O)cc1)C1C(=O)N(c3cccc(C(F)(F)F)c3)C(=O)C1S2)Nc1ccc(F)cc1. The number of alkyl halides is 3. The van der Waals surface area contributed by atoms with Crippen molar-refractivity contribution in [2.24, 2.45) is 5.92 Å². The molecule has 0 saturated carbocycles. The summed E-state index contributed by atoms with van der Waals surface area (Å²) in [6, 6.07) is 14.8. The number of nitrogens with zero attached hydrogens (tertiary/aromatic N) is 2. The Kier molecular flexibility index (Phi) is 7.13. The van der Waals surface area contributed by atoms with Gasteiger partial charge in [0.2, 0.25) is 17.7 Å². The lowest BCUT2D eigenvalue weighted by Crippen LogP contribution is -2.33. The van der Waals surface area contributed by atoms with Gasteiger partial charge in [-0.3, -0.25) is 23.7 Å². The van der Waals surface area contributed by atoms with E-state index < -0.39 is 63.8 Å². The Labute approximate surface area is 248 Å². The molecule has 2 N–H and O–H groups in total. The molecule has 1 saturated heterocycles. The second-order valence-corrected chi connectivity index (χ2v) is 12.0. The molecule has 8 nitrogen and oxygen atoms in total. The van der Waals surface area contributed by atoms with Crippen molar-refractivity contribution in [2.45, 2.75) is 28.9 Å². The third-order valence-corrected chi connectivity index (χ3v) is 9.77. The average Bonchev–Trinajstić information content (AvgIpc) is 3.40. The molecule has 0 aliphatic carbocycles. The van der Waals surface area contributed by atoms with E-state index >= 15 is 0 Å². The fourth-order valence-electron chi connectivity index (χ4n) is 5.25. The Morgan fingerprint density at radius 2 is 1.65 bits per heavy atom. The minimum Gasteiger partial charge on any atom is -0.508 e. The molecule has 1 aromatic heterocycles. The number of aromatic nitrogens is 1. The number of rotatable bonds is 5. The summed E-state index contributed by atoms with van der Waals surface area (Å²) < 4.78 is 54.8. The number of nitrogens with one attached hydrogen (secondary N) is 1. The number of halogens is 4. The maximum Gasteiger partial charge on any atom is 0.416 e. The molecule has 0 spiro atoms. The Bertz CT molecular complexity index is 1820. The van der Waals surface area contributed by atoms with Crippen LogP contribution in [-0.2, 0) is 27.1 Å². The van der Waals surface area contributed by atoms with E-state index in [1.54, 1.807) is 0 Å². The average molecular weight is 630 g/mol. The number of hydrogen-bond donors (Lipinski definition) is 2. The van der Waals surface area contributed by atoms with E-state index in [0.29, 0.717) is 16.1 Å². The number of thiazole rings is 1. The molecule has 2 aliphatic rings. The summed E-state index contributed by atoms with van der Waals surface area (Å²) in [7, 11) is 0. The zero-order valence-corrected chi connectivity index (χ0v) is 23.3. The summed E-state index contributed by atoms with van der Waals surface area (Å²) in [6.45, 7) is -0.450. The number of hydrogen-bond acceptors (Lipinski definition) is 7. The Hall–Kier alpha value is -4.43. The number of phenols is 1.